The maximum atomic E-state index is 12.6. The summed E-state index contributed by atoms with van der Waals surface area (Å²) in [6.45, 7) is 1.84. The van der Waals surface area contributed by atoms with Crippen LogP contribution in [-0.2, 0) is 9.68 Å². The molecule has 0 unspecified atom stereocenters. The van der Waals surface area contributed by atoms with Crippen LogP contribution in [0.4, 0.5) is 4.39 Å². The van der Waals surface area contributed by atoms with Crippen molar-refractivity contribution in [3.63, 3.8) is 0 Å². The molecule has 0 saturated carbocycles. The van der Waals surface area contributed by atoms with Crippen LogP contribution >= 0.6 is 11.6 Å². The summed E-state index contributed by atoms with van der Waals surface area (Å²) in [6, 6.07) is 3.52. The summed E-state index contributed by atoms with van der Waals surface area (Å²) in [5.41, 5.74) is 0. The highest BCUT2D eigenvalue weighted by Crippen LogP contribution is 2.24. The van der Waals surface area contributed by atoms with Crippen molar-refractivity contribution in [1.82, 2.24) is 0 Å². The molecule has 82 valence electrons. The average Bonchev–Trinajstić information content (AvgIpc) is 2.17. The monoisotopic (exact) mass is 232 g/mol. The van der Waals surface area contributed by atoms with Gasteiger partial charge in [-0.15, -0.1) is 0 Å². The standard InChI is InChI=1S/C10H10ClFO3/c1-2-3-10(13)15-14-9-5-4-7(12)6-8(9)11/h4-6H,2-3H2,1H3. The Balaban J connectivity index is 2.54. The quantitative estimate of drug-likeness (QED) is 0.591. The Kier molecular flexibility index (Phi) is 4.37. The van der Waals surface area contributed by atoms with Gasteiger partial charge in [0, 0.05) is 6.42 Å². The average molecular weight is 233 g/mol. The van der Waals surface area contributed by atoms with Gasteiger partial charge in [-0.3, -0.25) is 9.78 Å². The smallest absolute Gasteiger partial charge is 0.285 e. The summed E-state index contributed by atoms with van der Waals surface area (Å²) in [4.78, 5) is 20.0. The topological polar surface area (TPSA) is 35.5 Å². The molecule has 15 heavy (non-hydrogen) atoms. The van der Waals surface area contributed by atoms with Gasteiger partial charge in [0.15, 0.2) is 5.75 Å². The SMILES string of the molecule is CCCC(=O)OOc1ccc(F)cc1Cl. The van der Waals surface area contributed by atoms with Crippen molar-refractivity contribution in [2.24, 2.45) is 0 Å². The number of benzene rings is 1. The number of carbonyl (C=O) groups is 1. The first kappa shape index (κ1) is 11.8. The Hall–Kier alpha value is -1.29. The van der Waals surface area contributed by atoms with Gasteiger partial charge in [0.05, 0.1) is 5.02 Å². The lowest BCUT2D eigenvalue weighted by Crippen LogP contribution is -2.07. The van der Waals surface area contributed by atoms with Crippen molar-refractivity contribution in [1.29, 1.82) is 0 Å². The van der Waals surface area contributed by atoms with Gasteiger partial charge < -0.3 is 0 Å². The normalized spacial score (nSPS) is 9.80. The second kappa shape index (κ2) is 5.56. The molecular weight excluding hydrogens is 223 g/mol. The molecule has 0 saturated heterocycles. The Labute approximate surface area is 91.7 Å². The largest absolute Gasteiger partial charge is 0.355 e. The van der Waals surface area contributed by atoms with E-state index in [1.54, 1.807) is 0 Å². The number of rotatable bonds is 4. The second-order valence-corrected chi connectivity index (χ2v) is 3.27. The van der Waals surface area contributed by atoms with Gasteiger partial charge in [-0.25, -0.2) is 9.18 Å². The maximum absolute atomic E-state index is 12.6. The highest BCUT2D eigenvalue weighted by Gasteiger charge is 2.07. The molecule has 0 fully saturated rings. The summed E-state index contributed by atoms with van der Waals surface area (Å²) in [6.07, 6.45) is 0.929. The summed E-state index contributed by atoms with van der Waals surface area (Å²) in [5.74, 6) is -0.854. The van der Waals surface area contributed by atoms with E-state index in [0.717, 1.165) is 12.1 Å². The lowest BCUT2D eigenvalue weighted by molar-refractivity contribution is -0.213. The zero-order valence-corrected chi connectivity index (χ0v) is 8.88. The third-order valence-corrected chi connectivity index (χ3v) is 1.87. The fraction of sp³-hybridized carbons (Fsp3) is 0.300. The first-order valence-corrected chi connectivity index (χ1v) is 4.83. The lowest BCUT2D eigenvalue weighted by Gasteiger charge is -2.05. The van der Waals surface area contributed by atoms with Gasteiger partial charge in [-0.2, -0.15) is 0 Å². The predicted molar refractivity (Wildman–Crippen MR) is 53.0 cm³/mol. The van der Waals surface area contributed by atoms with E-state index in [9.17, 15) is 9.18 Å². The van der Waals surface area contributed by atoms with Crippen molar-refractivity contribution in [3.8, 4) is 5.75 Å². The molecule has 0 aliphatic carbocycles. The van der Waals surface area contributed by atoms with Crippen LogP contribution < -0.4 is 4.89 Å². The van der Waals surface area contributed by atoms with Crippen LogP contribution in [0, 0.1) is 5.82 Å². The first-order chi connectivity index (χ1) is 7.13. The van der Waals surface area contributed by atoms with Crippen molar-refractivity contribution < 1.29 is 19.0 Å². The van der Waals surface area contributed by atoms with E-state index in [1.165, 1.54) is 6.07 Å². The number of hydrogen-bond acceptors (Lipinski definition) is 3. The molecule has 1 aromatic carbocycles. The molecule has 0 atom stereocenters. The molecule has 0 aromatic heterocycles. The van der Waals surface area contributed by atoms with Gasteiger partial charge in [0.2, 0.25) is 0 Å². The molecule has 0 radical (unpaired) electrons. The molecule has 0 spiro atoms. The fourth-order valence-corrected chi connectivity index (χ4v) is 1.08. The molecular formula is C10H10ClFO3. The van der Waals surface area contributed by atoms with Crippen molar-refractivity contribution in [2.75, 3.05) is 0 Å². The fourth-order valence-electron chi connectivity index (χ4n) is 0.880. The van der Waals surface area contributed by atoms with Crippen LogP contribution in [0.3, 0.4) is 0 Å². The van der Waals surface area contributed by atoms with E-state index in [-0.39, 0.29) is 17.2 Å². The number of carbonyl (C=O) groups excluding carboxylic acids is 1. The predicted octanol–water partition coefficient (Wildman–Crippen LogP) is 3.12. The highest BCUT2D eigenvalue weighted by atomic mass is 35.5. The molecule has 0 aliphatic heterocycles. The van der Waals surface area contributed by atoms with Crippen molar-refractivity contribution in [2.45, 2.75) is 19.8 Å². The summed E-state index contributed by atoms with van der Waals surface area (Å²) in [7, 11) is 0. The van der Waals surface area contributed by atoms with E-state index < -0.39 is 11.8 Å². The van der Waals surface area contributed by atoms with Crippen LogP contribution in [0.2, 0.25) is 5.02 Å². The molecule has 3 nitrogen and oxygen atoms in total. The number of hydrogen-bond donors (Lipinski definition) is 0. The zero-order valence-electron chi connectivity index (χ0n) is 8.13. The minimum Gasteiger partial charge on any atom is -0.285 e. The molecule has 5 heteroatoms. The summed E-state index contributed by atoms with van der Waals surface area (Å²) >= 11 is 5.63. The zero-order chi connectivity index (χ0) is 11.3. The van der Waals surface area contributed by atoms with E-state index in [4.69, 9.17) is 11.6 Å². The Morgan fingerprint density at radius 1 is 1.53 bits per heavy atom. The van der Waals surface area contributed by atoms with E-state index in [2.05, 4.69) is 9.78 Å². The van der Waals surface area contributed by atoms with Gasteiger partial charge in [0.25, 0.3) is 0 Å². The van der Waals surface area contributed by atoms with Gasteiger partial charge in [-0.05, 0) is 24.6 Å². The van der Waals surface area contributed by atoms with Crippen LogP contribution in [-0.4, -0.2) is 5.97 Å². The molecule has 0 N–H and O–H groups in total. The van der Waals surface area contributed by atoms with E-state index >= 15 is 0 Å². The highest BCUT2D eigenvalue weighted by molar-refractivity contribution is 6.32. The minimum atomic E-state index is -0.488. The maximum Gasteiger partial charge on any atom is 0.355 e. The molecule has 0 heterocycles. The number of halogens is 2. The molecule has 0 bridgehead atoms. The first-order valence-electron chi connectivity index (χ1n) is 4.46. The third kappa shape index (κ3) is 3.75. The van der Waals surface area contributed by atoms with E-state index in [0.29, 0.717) is 6.42 Å². The van der Waals surface area contributed by atoms with Crippen LogP contribution in [0.5, 0.6) is 5.75 Å². The van der Waals surface area contributed by atoms with Crippen molar-refractivity contribution in [3.05, 3.63) is 29.0 Å². The molecule has 0 aliphatic rings. The Bertz CT molecular complexity index is 355. The Morgan fingerprint density at radius 3 is 2.87 bits per heavy atom. The lowest BCUT2D eigenvalue weighted by atomic mass is 10.3. The molecule has 1 aromatic rings. The van der Waals surface area contributed by atoms with Crippen LogP contribution in [0.1, 0.15) is 19.8 Å². The van der Waals surface area contributed by atoms with Gasteiger partial charge in [0.1, 0.15) is 5.82 Å². The van der Waals surface area contributed by atoms with Crippen LogP contribution in [0.25, 0.3) is 0 Å². The third-order valence-electron chi connectivity index (χ3n) is 1.57. The Morgan fingerprint density at radius 2 is 2.27 bits per heavy atom. The molecule has 1 rings (SSSR count). The van der Waals surface area contributed by atoms with Gasteiger partial charge >= 0.3 is 5.97 Å². The summed E-state index contributed by atoms with van der Waals surface area (Å²) < 4.78 is 12.6. The molecule has 0 amide bonds. The van der Waals surface area contributed by atoms with Crippen LogP contribution in [0.15, 0.2) is 18.2 Å². The van der Waals surface area contributed by atoms with Crippen molar-refractivity contribution >= 4 is 17.6 Å². The second-order valence-electron chi connectivity index (χ2n) is 2.86. The van der Waals surface area contributed by atoms with E-state index in [1.807, 2.05) is 6.92 Å². The summed E-state index contributed by atoms with van der Waals surface area (Å²) in [5, 5.41) is 0.0549. The minimum absolute atomic E-state index is 0.0549. The van der Waals surface area contributed by atoms with Gasteiger partial charge in [-0.1, -0.05) is 18.5 Å².